The Morgan fingerprint density at radius 3 is 2.47 bits per heavy atom. The minimum atomic E-state index is -0.665. The van der Waals surface area contributed by atoms with Crippen molar-refractivity contribution in [2.45, 2.75) is 6.92 Å². The van der Waals surface area contributed by atoms with Crippen LogP contribution in [0.25, 0.3) is 0 Å². The second-order valence-electron chi connectivity index (χ2n) is 7.22. The lowest BCUT2D eigenvalue weighted by Gasteiger charge is -2.34. The lowest BCUT2D eigenvalue weighted by molar-refractivity contribution is -0.402. The van der Waals surface area contributed by atoms with E-state index in [-0.39, 0.29) is 11.7 Å². The van der Waals surface area contributed by atoms with Crippen LogP contribution in [0, 0.1) is 17.0 Å². The number of nitro groups is 1. The summed E-state index contributed by atoms with van der Waals surface area (Å²) < 4.78 is 10.2. The molecule has 1 saturated heterocycles. The molecule has 1 aliphatic rings. The third-order valence-corrected chi connectivity index (χ3v) is 5.04. The van der Waals surface area contributed by atoms with Gasteiger partial charge in [0, 0.05) is 43.6 Å². The molecular formula is C21H22N6O5. The molecule has 0 unspecified atom stereocenters. The lowest BCUT2D eigenvalue weighted by atomic mass is 10.3. The molecule has 0 radical (unpaired) electrons. The summed E-state index contributed by atoms with van der Waals surface area (Å²) in [4.78, 5) is 35.4. The molecule has 1 amide bonds. The van der Waals surface area contributed by atoms with E-state index in [9.17, 15) is 14.9 Å². The maximum absolute atomic E-state index is 12.6. The molecule has 1 N–H and O–H groups in total. The fourth-order valence-electron chi connectivity index (χ4n) is 3.39. The molecule has 11 heteroatoms. The van der Waals surface area contributed by atoms with Crippen LogP contribution in [0.15, 0.2) is 46.9 Å². The number of aromatic nitrogens is 2. The van der Waals surface area contributed by atoms with Crippen LogP contribution in [-0.4, -0.2) is 59.0 Å². The summed E-state index contributed by atoms with van der Waals surface area (Å²) in [6, 6.07) is 11.9. The molecule has 0 atom stereocenters. The van der Waals surface area contributed by atoms with E-state index in [4.69, 9.17) is 9.15 Å². The zero-order valence-electron chi connectivity index (χ0n) is 17.6. The summed E-state index contributed by atoms with van der Waals surface area (Å²) in [5.74, 6) is 1.15. The first-order chi connectivity index (χ1) is 15.4. The Bertz CT molecular complexity index is 1120. The first-order valence-electron chi connectivity index (χ1n) is 9.98. The van der Waals surface area contributed by atoms with E-state index in [1.54, 1.807) is 12.0 Å². The van der Waals surface area contributed by atoms with Crippen LogP contribution in [0.3, 0.4) is 0 Å². The fraction of sp³-hybridized carbons (Fsp3) is 0.286. The van der Waals surface area contributed by atoms with Gasteiger partial charge < -0.3 is 24.3 Å². The number of furan rings is 1. The van der Waals surface area contributed by atoms with Crippen molar-refractivity contribution in [2.75, 3.05) is 43.5 Å². The number of amides is 1. The third-order valence-electron chi connectivity index (χ3n) is 5.04. The largest absolute Gasteiger partial charge is 0.497 e. The molecule has 0 spiro atoms. The van der Waals surface area contributed by atoms with E-state index in [0.717, 1.165) is 17.1 Å². The monoisotopic (exact) mass is 438 g/mol. The fourth-order valence-corrected chi connectivity index (χ4v) is 3.39. The van der Waals surface area contributed by atoms with Crippen molar-refractivity contribution in [1.82, 2.24) is 14.9 Å². The molecule has 1 aliphatic heterocycles. The van der Waals surface area contributed by atoms with Crippen molar-refractivity contribution in [1.29, 1.82) is 0 Å². The van der Waals surface area contributed by atoms with Gasteiger partial charge in [0.15, 0.2) is 5.76 Å². The number of hydrogen-bond donors (Lipinski definition) is 1. The number of aryl methyl sites for hydroxylation is 1. The summed E-state index contributed by atoms with van der Waals surface area (Å²) in [6.07, 6.45) is 0. The highest BCUT2D eigenvalue weighted by Gasteiger charge is 2.27. The predicted octanol–water partition coefficient (Wildman–Crippen LogP) is 3.00. The van der Waals surface area contributed by atoms with Gasteiger partial charge in [-0.1, -0.05) is 0 Å². The quantitative estimate of drug-likeness (QED) is 0.456. The van der Waals surface area contributed by atoms with Crippen LogP contribution < -0.4 is 15.0 Å². The second-order valence-corrected chi connectivity index (χ2v) is 7.22. The number of piperazine rings is 1. The Morgan fingerprint density at radius 2 is 1.84 bits per heavy atom. The summed E-state index contributed by atoms with van der Waals surface area (Å²) in [5.41, 5.74) is 1.69. The van der Waals surface area contributed by atoms with E-state index in [2.05, 4.69) is 15.3 Å². The Kier molecular flexibility index (Phi) is 5.88. The number of nitrogens with zero attached hydrogens (tertiary/aromatic N) is 5. The highest BCUT2D eigenvalue weighted by atomic mass is 16.6. The van der Waals surface area contributed by atoms with Crippen molar-refractivity contribution < 1.29 is 18.9 Å². The second kappa shape index (κ2) is 8.92. The van der Waals surface area contributed by atoms with Crippen LogP contribution in [0.2, 0.25) is 0 Å². The SMILES string of the molecule is COc1ccc(Nc2cc(C)nc(N3CCN(C(=O)c4ccc([N+](=O)[O-])o4)CC3)n2)cc1. The van der Waals surface area contributed by atoms with E-state index >= 15 is 0 Å². The molecule has 32 heavy (non-hydrogen) atoms. The Labute approximate surface area is 183 Å². The molecule has 166 valence electrons. The summed E-state index contributed by atoms with van der Waals surface area (Å²) >= 11 is 0. The van der Waals surface area contributed by atoms with Gasteiger partial charge in [-0.15, -0.1) is 0 Å². The highest BCUT2D eigenvalue weighted by molar-refractivity contribution is 5.92. The van der Waals surface area contributed by atoms with E-state index in [1.165, 1.54) is 12.1 Å². The number of benzene rings is 1. The highest BCUT2D eigenvalue weighted by Crippen LogP contribution is 2.22. The maximum Gasteiger partial charge on any atom is 0.433 e. The number of carbonyl (C=O) groups is 1. The van der Waals surface area contributed by atoms with Gasteiger partial charge in [-0.3, -0.25) is 14.9 Å². The molecule has 1 fully saturated rings. The van der Waals surface area contributed by atoms with Gasteiger partial charge in [-0.25, -0.2) is 4.98 Å². The van der Waals surface area contributed by atoms with Crippen molar-refractivity contribution in [3.05, 3.63) is 64.0 Å². The average Bonchev–Trinajstić information content (AvgIpc) is 3.30. The van der Waals surface area contributed by atoms with Gasteiger partial charge in [-0.05, 0) is 37.3 Å². The number of ether oxygens (including phenoxy) is 1. The zero-order chi connectivity index (χ0) is 22.7. The summed E-state index contributed by atoms with van der Waals surface area (Å²) in [5, 5.41) is 14.0. The number of methoxy groups -OCH3 is 1. The molecular weight excluding hydrogens is 416 g/mol. The Hall–Kier alpha value is -4.15. The van der Waals surface area contributed by atoms with Crippen molar-refractivity contribution in [3.8, 4) is 5.75 Å². The van der Waals surface area contributed by atoms with Crippen LogP contribution in [0.1, 0.15) is 16.2 Å². The van der Waals surface area contributed by atoms with Crippen molar-refractivity contribution >= 4 is 29.2 Å². The van der Waals surface area contributed by atoms with Crippen molar-refractivity contribution in [2.24, 2.45) is 0 Å². The van der Waals surface area contributed by atoms with Crippen molar-refractivity contribution in [3.63, 3.8) is 0 Å². The van der Waals surface area contributed by atoms with Crippen LogP contribution in [0.5, 0.6) is 5.75 Å². The third kappa shape index (κ3) is 4.61. The standard InChI is InChI=1S/C21H22N6O5/c1-14-13-18(23-15-3-5-16(31-2)6-4-15)24-21(22-14)26-11-9-25(10-12-26)20(28)17-7-8-19(32-17)27(29)30/h3-8,13H,9-12H2,1-2H3,(H,22,23,24). The first-order valence-corrected chi connectivity index (χ1v) is 9.98. The molecule has 4 rings (SSSR count). The van der Waals surface area contributed by atoms with Gasteiger partial charge in [0.25, 0.3) is 5.91 Å². The molecule has 2 aromatic heterocycles. The minimum absolute atomic E-state index is 0.0390. The molecule has 0 aliphatic carbocycles. The van der Waals surface area contributed by atoms with Crippen LogP contribution in [0.4, 0.5) is 23.3 Å². The number of carbonyl (C=O) groups excluding carboxylic acids is 1. The molecule has 0 saturated carbocycles. The van der Waals surface area contributed by atoms with Crippen LogP contribution >= 0.6 is 0 Å². The smallest absolute Gasteiger partial charge is 0.433 e. The van der Waals surface area contributed by atoms with E-state index in [0.29, 0.717) is 37.9 Å². The number of hydrogen-bond acceptors (Lipinski definition) is 9. The lowest BCUT2D eigenvalue weighted by Crippen LogP contribution is -2.49. The first kappa shape index (κ1) is 21.1. The molecule has 3 heterocycles. The van der Waals surface area contributed by atoms with Gasteiger partial charge >= 0.3 is 5.88 Å². The molecule has 11 nitrogen and oxygen atoms in total. The molecule has 1 aromatic carbocycles. The molecule has 3 aromatic rings. The Balaban J connectivity index is 1.41. The average molecular weight is 438 g/mol. The molecule has 0 bridgehead atoms. The maximum atomic E-state index is 12.6. The normalized spacial score (nSPS) is 13.7. The minimum Gasteiger partial charge on any atom is -0.497 e. The zero-order valence-corrected chi connectivity index (χ0v) is 17.6. The van der Waals surface area contributed by atoms with Gasteiger partial charge in [0.05, 0.1) is 13.2 Å². The number of rotatable bonds is 6. The van der Waals surface area contributed by atoms with Gasteiger partial charge in [0.2, 0.25) is 5.95 Å². The van der Waals surface area contributed by atoms with Gasteiger partial charge in [-0.2, -0.15) is 4.98 Å². The number of nitrogens with one attached hydrogen (secondary N) is 1. The predicted molar refractivity (Wildman–Crippen MR) is 117 cm³/mol. The number of anilines is 3. The topological polar surface area (TPSA) is 127 Å². The van der Waals surface area contributed by atoms with E-state index < -0.39 is 10.8 Å². The van der Waals surface area contributed by atoms with Gasteiger partial charge in [0.1, 0.15) is 16.5 Å². The summed E-state index contributed by atoms with van der Waals surface area (Å²) in [7, 11) is 1.62. The van der Waals surface area contributed by atoms with Crippen LogP contribution in [-0.2, 0) is 0 Å². The van der Waals surface area contributed by atoms with E-state index in [1.807, 2.05) is 42.2 Å². The summed E-state index contributed by atoms with van der Waals surface area (Å²) in [6.45, 7) is 3.80. The Morgan fingerprint density at radius 1 is 1.12 bits per heavy atom.